The molecule has 0 aliphatic heterocycles. The lowest BCUT2D eigenvalue weighted by Gasteiger charge is -2.19. The second-order valence-electron chi connectivity index (χ2n) is 4.54. The third-order valence-corrected chi connectivity index (χ3v) is 5.76. The molecule has 1 nitrogen and oxygen atoms in total. The summed E-state index contributed by atoms with van der Waals surface area (Å²) < 4.78 is 1.14. The molecule has 0 bridgehead atoms. The summed E-state index contributed by atoms with van der Waals surface area (Å²) in [5.41, 5.74) is 1.00. The van der Waals surface area contributed by atoms with Crippen LogP contribution in [0, 0.1) is 0 Å². The number of benzene rings is 1. The van der Waals surface area contributed by atoms with Crippen LogP contribution in [0.2, 0.25) is 10.0 Å². The standard InChI is InChI=1S/C15H16BrCl2NS/c1-2-7-19-14(15-11(16)6-8-20-15)9-10-12(17)4-3-5-13(10)18/h3-6,8,14,19H,2,7,9H2,1H3. The van der Waals surface area contributed by atoms with Crippen LogP contribution in [0.3, 0.4) is 0 Å². The highest BCUT2D eigenvalue weighted by atomic mass is 79.9. The molecule has 2 rings (SSSR count). The average Bonchev–Trinajstić information content (AvgIpc) is 2.84. The van der Waals surface area contributed by atoms with Crippen molar-refractivity contribution in [2.24, 2.45) is 0 Å². The van der Waals surface area contributed by atoms with Crippen LogP contribution in [-0.4, -0.2) is 6.54 Å². The monoisotopic (exact) mass is 391 g/mol. The van der Waals surface area contributed by atoms with Crippen LogP contribution in [0.4, 0.5) is 0 Å². The van der Waals surface area contributed by atoms with Crippen LogP contribution in [0.15, 0.2) is 34.1 Å². The topological polar surface area (TPSA) is 12.0 Å². The number of hydrogen-bond acceptors (Lipinski definition) is 2. The van der Waals surface area contributed by atoms with E-state index in [0.717, 1.165) is 39.5 Å². The summed E-state index contributed by atoms with van der Waals surface area (Å²) in [7, 11) is 0. The van der Waals surface area contributed by atoms with E-state index in [0.29, 0.717) is 0 Å². The number of rotatable bonds is 6. The van der Waals surface area contributed by atoms with Gasteiger partial charge in [-0.1, -0.05) is 36.2 Å². The first-order valence-electron chi connectivity index (χ1n) is 6.52. The van der Waals surface area contributed by atoms with E-state index in [9.17, 15) is 0 Å². The van der Waals surface area contributed by atoms with E-state index in [1.54, 1.807) is 11.3 Å². The molecule has 108 valence electrons. The Morgan fingerprint density at radius 3 is 2.50 bits per heavy atom. The molecule has 0 amide bonds. The van der Waals surface area contributed by atoms with Crippen molar-refractivity contribution in [3.8, 4) is 0 Å². The third-order valence-electron chi connectivity index (χ3n) is 3.07. The first kappa shape index (κ1) is 16.3. The van der Waals surface area contributed by atoms with Gasteiger partial charge >= 0.3 is 0 Å². The molecule has 0 saturated carbocycles. The minimum atomic E-state index is 0.224. The van der Waals surface area contributed by atoms with E-state index >= 15 is 0 Å². The summed E-state index contributed by atoms with van der Waals surface area (Å²) in [4.78, 5) is 1.29. The van der Waals surface area contributed by atoms with Gasteiger partial charge in [0.25, 0.3) is 0 Å². The van der Waals surface area contributed by atoms with Crippen LogP contribution in [0.5, 0.6) is 0 Å². The normalized spacial score (nSPS) is 12.6. The van der Waals surface area contributed by atoms with Gasteiger partial charge in [0.15, 0.2) is 0 Å². The van der Waals surface area contributed by atoms with E-state index in [1.807, 2.05) is 18.2 Å². The molecule has 0 spiro atoms. The van der Waals surface area contributed by atoms with Gasteiger partial charge in [0, 0.05) is 25.4 Å². The first-order valence-corrected chi connectivity index (χ1v) is 8.95. The SMILES string of the molecule is CCCNC(Cc1c(Cl)cccc1Cl)c1sccc1Br. The van der Waals surface area contributed by atoms with Crippen molar-refractivity contribution >= 4 is 50.5 Å². The Hall–Kier alpha value is -0.0600. The van der Waals surface area contributed by atoms with Crippen molar-refractivity contribution in [2.45, 2.75) is 25.8 Å². The zero-order valence-corrected chi connectivity index (χ0v) is 15.0. The maximum atomic E-state index is 6.29. The summed E-state index contributed by atoms with van der Waals surface area (Å²) in [6.45, 7) is 3.13. The number of halogens is 3. The highest BCUT2D eigenvalue weighted by molar-refractivity contribution is 9.10. The summed E-state index contributed by atoms with van der Waals surface area (Å²) in [5.74, 6) is 0. The summed E-state index contributed by atoms with van der Waals surface area (Å²) in [6.07, 6.45) is 1.88. The molecule has 0 saturated heterocycles. The van der Waals surface area contributed by atoms with Crippen LogP contribution >= 0.6 is 50.5 Å². The van der Waals surface area contributed by atoms with Crippen LogP contribution in [-0.2, 0) is 6.42 Å². The van der Waals surface area contributed by atoms with Gasteiger partial charge in [0.05, 0.1) is 0 Å². The molecule has 1 heterocycles. The lowest BCUT2D eigenvalue weighted by Crippen LogP contribution is -2.23. The molecule has 20 heavy (non-hydrogen) atoms. The number of hydrogen-bond donors (Lipinski definition) is 1. The fourth-order valence-electron chi connectivity index (χ4n) is 2.06. The lowest BCUT2D eigenvalue weighted by molar-refractivity contribution is 0.535. The van der Waals surface area contributed by atoms with E-state index in [1.165, 1.54) is 4.88 Å². The summed E-state index contributed by atoms with van der Waals surface area (Å²) in [6, 6.07) is 7.96. The van der Waals surface area contributed by atoms with E-state index in [4.69, 9.17) is 23.2 Å². The van der Waals surface area contributed by atoms with Crippen molar-refractivity contribution < 1.29 is 0 Å². The second-order valence-corrected chi connectivity index (χ2v) is 7.16. The summed E-state index contributed by atoms with van der Waals surface area (Å²) in [5, 5.41) is 7.13. The lowest BCUT2D eigenvalue weighted by atomic mass is 10.0. The molecular formula is C15H16BrCl2NS. The zero-order valence-electron chi connectivity index (χ0n) is 11.1. The number of thiophene rings is 1. The largest absolute Gasteiger partial charge is 0.309 e. The molecule has 0 radical (unpaired) electrons. The first-order chi connectivity index (χ1) is 9.63. The minimum absolute atomic E-state index is 0.224. The Balaban J connectivity index is 2.26. The Bertz CT molecular complexity index is 551. The fraction of sp³-hybridized carbons (Fsp3) is 0.333. The minimum Gasteiger partial charge on any atom is -0.309 e. The Labute approximate surface area is 142 Å². The predicted molar refractivity (Wildman–Crippen MR) is 93.2 cm³/mol. The maximum absolute atomic E-state index is 6.29. The molecule has 1 aromatic carbocycles. The van der Waals surface area contributed by atoms with Gasteiger partial charge in [0.2, 0.25) is 0 Å². The third kappa shape index (κ3) is 3.99. The zero-order chi connectivity index (χ0) is 14.5. The molecule has 1 aromatic heterocycles. The van der Waals surface area contributed by atoms with Gasteiger partial charge in [-0.05, 0) is 64.5 Å². The number of nitrogens with one attached hydrogen (secondary N) is 1. The highest BCUT2D eigenvalue weighted by Crippen LogP contribution is 2.34. The Morgan fingerprint density at radius 1 is 1.25 bits per heavy atom. The van der Waals surface area contributed by atoms with E-state index < -0.39 is 0 Å². The van der Waals surface area contributed by atoms with Gasteiger partial charge in [-0.15, -0.1) is 11.3 Å². The van der Waals surface area contributed by atoms with Gasteiger partial charge in [0.1, 0.15) is 0 Å². The van der Waals surface area contributed by atoms with Gasteiger partial charge in [-0.2, -0.15) is 0 Å². The molecular weight excluding hydrogens is 377 g/mol. The van der Waals surface area contributed by atoms with Crippen LogP contribution < -0.4 is 5.32 Å². The average molecular weight is 393 g/mol. The molecule has 0 aliphatic carbocycles. The second kappa shape index (κ2) is 7.81. The molecule has 2 aromatic rings. The van der Waals surface area contributed by atoms with Gasteiger partial charge in [-0.25, -0.2) is 0 Å². The van der Waals surface area contributed by atoms with Crippen molar-refractivity contribution in [1.29, 1.82) is 0 Å². The molecule has 1 unspecified atom stereocenters. The smallest absolute Gasteiger partial charge is 0.0468 e. The van der Waals surface area contributed by atoms with Gasteiger partial charge < -0.3 is 5.32 Å². The Kier molecular flexibility index (Phi) is 6.37. The predicted octanol–water partition coefficient (Wildman–Crippen LogP) is 6.10. The van der Waals surface area contributed by atoms with Crippen molar-refractivity contribution in [3.63, 3.8) is 0 Å². The van der Waals surface area contributed by atoms with Crippen molar-refractivity contribution in [2.75, 3.05) is 6.54 Å². The van der Waals surface area contributed by atoms with E-state index in [2.05, 4.69) is 39.6 Å². The summed E-state index contributed by atoms with van der Waals surface area (Å²) >= 11 is 17.9. The fourth-order valence-corrected chi connectivity index (χ4v) is 4.34. The van der Waals surface area contributed by atoms with Crippen LogP contribution in [0.25, 0.3) is 0 Å². The molecule has 1 atom stereocenters. The van der Waals surface area contributed by atoms with E-state index in [-0.39, 0.29) is 6.04 Å². The highest BCUT2D eigenvalue weighted by Gasteiger charge is 2.18. The Morgan fingerprint density at radius 2 is 1.95 bits per heavy atom. The molecule has 0 fully saturated rings. The quantitative estimate of drug-likeness (QED) is 0.625. The van der Waals surface area contributed by atoms with Crippen molar-refractivity contribution in [1.82, 2.24) is 5.32 Å². The van der Waals surface area contributed by atoms with Crippen molar-refractivity contribution in [3.05, 3.63) is 54.6 Å². The maximum Gasteiger partial charge on any atom is 0.0468 e. The van der Waals surface area contributed by atoms with Gasteiger partial charge in [-0.3, -0.25) is 0 Å². The molecule has 5 heteroatoms. The molecule has 1 N–H and O–H groups in total. The van der Waals surface area contributed by atoms with Crippen LogP contribution in [0.1, 0.15) is 29.8 Å². The molecule has 0 aliphatic rings.